The Labute approximate surface area is 212 Å². The number of hydrogen-bond donors (Lipinski definition) is 0. The lowest BCUT2D eigenvalue weighted by atomic mass is 10.1. The lowest BCUT2D eigenvalue weighted by molar-refractivity contribution is -0.137. The summed E-state index contributed by atoms with van der Waals surface area (Å²) in [5, 5.41) is 0. The molecule has 0 radical (unpaired) electrons. The van der Waals surface area contributed by atoms with Gasteiger partial charge in [-0.25, -0.2) is 4.39 Å². The average Bonchev–Trinajstić information content (AvgIpc) is 2.86. The third kappa shape index (κ3) is 6.59. The normalized spacial score (nSPS) is 12.6. The van der Waals surface area contributed by atoms with Crippen molar-refractivity contribution in [3.05, 3.63) is 89.2 Å². The number of amides is 1. The van der Waals surface area contributed by atoms with Gasteiger partial charge < -0.3 is 13.8 Å². The van der Waals surface area contributed by atoms with Gasteiger partial charge in [0.25, 0.3) is 5.91 Å². The molecule has 6 nitrogen and oxygen atoms in total. The fraction of sp³-hybridized carbons (Fsp3) is 0.269. The standard InChI is InChI=1S/C26H25F4NO5S/c1-4-17(2)31(25(32)21-10-5-6-11-22(21)27)16-18-12-13-23(35-3)24(14-18)36-37(33,34)20-9-7-8-19(15-20)26(28,29)30/h5-15,17H,4,16H2,1-3H3/t17-/m1/s1. The highest BCUT2D eigenvalue weighted by molar-refractivity contribution is 7.87. The molecule has 1 amide bonds. The molecule has 37 heavy (non-hydrogen) atoms. The van der Waals surface area contributed by atoms with E-state index >= 15 is 0 Å². The van der Waals surface area contributed by atoms with Gasteiger partial charge in [-0.3, -0.25) is 4.79 Å². The molecular formula is C26H25F4NO5S. The van der Waals surface area contributed by atoms with E-state index in [-0.39, 0.29) is 29.6 Å². The first kappa shape index (κ1) is 28.0. The first-order chi connectivity index (χ1) is 17.4. The van der Waals surface area contributed by atoms with Gasteiger partial charge in [0.2, 0.25) is 0 Å². The summed E-state index contributed by atoms with van der Waals surface area (Å²) in [6.45, 7) is 3.63. The Morgan fingerprint density at radius 1 is 1.00 bits per heavy atom. The van der Waals surface area contributed by atoms with E-state index in [1.54, 1.807) is 19.1 Å². The molecule has 0 aromatic heterocycles. The number of carbonyl (C=O) groups is 1. The minimum atomic E-state index is -4.74. The molecule has 0 N–H and O–H groups in total. The Kier molecular flexibility index (Phi) is 8.47. The summed E-state index contributed by atoms with van der Waals surface area (Å²) in [6.07, 6.45) is -4.18. The molecule has 0 bridgehead atoms. The fourth-order valence-corrected chi connectivity index (χ4v) is 4.49. The van der Waals surface area contributed by atoms with Gasteiger partial charge in [-0.15, -0.1) is 0 Å². The van der Waals surface area contributed by atoms with Crippen LogP contribution in [0.1, 0.15) is 41.8 Å². The molecule has 0 heterocycles. The number of carbonyl (C=O) groups excluding carboxylic acids is 1. The van der Waals surface area contributed by atoms with Gasteiger partial charge in [-0.05, 0) is 61.4 Å². The van der Waals surface area contributed by atoms with Crippen LogP contribution in [0.25, 0.3) is 0 Å². The van der Waals surface area contributed by atoms with Crippen LogP contribution in [0.2, 0.25) is 0 Å². The number of nitrogens with zero attached hydrogens (tertiary/aromatic N) is 1. The van der Waals surface area contributed by atoms with Gasteiger partial charge in [0, 0.05) is 12.6 Å². The van der Waals surface area contributed by atoms with Crippen molar-refractivity contribution in [3.8, 4) is 11.5 Å². The quantitative estimate of drug-likeness (QED) is 0.244. The number of ether oxygens (including phenoxy) is 1. The molecule has 3 aromatic carbocycles. The van der Waals surface area contributed by atoms with Crippen molar-refractivity contribution >= 4 is 16.0 Å². The van der Waals surface area contributed by atoms with Gasteiger partial charge in [0.05, 0.1) is 18.2 Å². The summed E-state index contributed by atoms with van der Waals surface area (Å²) < 4.78 is 89.5. The second-order valence-corrected chi connectivity index (χ2v) is 9.76. The van der Waals surface area contributed by atoms with E-state index < -0.39 is 38.5 Å². The van der Waals surface area contributed by atoms with Crippen LogP contribution in [0, 0.1) is 5.82 Å². The van der Waals surface area contributed by atoms with Gasteiger partial charge in [0.15, 0.2) is 11.5 Å². The third-order valence-corrected chi connectivity index (χ3v) is 6.95. The van der Waals surface area contributed by atoms with Crippen molar-refractivity contribution in [1.29, 1.82) is 0 Å². The van der Waals surface area contributed by atoms with Crippen LogP contribution in [-0.2, 0) is 22.8 Å². The molecule has 3 rings (SSSR count). The zero-order valence-corrected chi connectivity index (χ0v) is 21.1. The second-order valence-electron chi connectivity index (χ2n) is 8.22. The van der Waals surface area contributed by atoms with E-state index in [4.69, 9.17) is 8.92 Å². The molecule has 0 aliphatic heterocycles. The first-order valence-electron chi connectivity index (χ1n) is 11.2. The van der Waals surface area contributed by atoms with E-state index in [1.165, 1.54) is 42.3 Å². The zero-order valence-electron chi connectivity index (χ0n) is 20.3. The summed E-state index contributed by atoms with van der Waals surface area (Å²) >= 11 is 0. The maximum atomic E-state index is 14.3. The second kappa shape index (κ2) is 11.2. The van der Waals surface area contributed by atoms with Crippen LogP contribution in [0.4, 0.5) is 17.6 Å². The Hall–Kier alpha value is -3.60. The van der Waals surface area contributed by atoms with E-state index in [9.17, 15) is 30.8 Å². The highest BCUT2D eigenvalue weighted by Gasteiger charge is 2.32. The van der Waals surface area contributed by atoms with Crippen molar-refractivity contribution in [1.82, 2.24) is 4.90 Å². The van der Waals surface area contributed by atoms with Crippen molar-refractivity contribution in [2.75, 3.05) is 7.11 Å². The minimum Gasteiger partial charge on any atom is -0.493 e. The number of benzene rings is 3. The summed E-state index contributed by atoms with van der Waals surface area (Å²) in [7, 11) is -3.40. The van der Waals surface area contributed by atoms with Gasteiger partial charge in [0.1, 0.15) is 10.7 Å². The van der Waals surface area contributed by atoms with Crippen molar-refractivity contribution in [2.24, 2.45) is 0 Å². The maximum absolute atomic E-state index is 14.3. The number of rotatable bonds is 9. The molecule has 198 valence electrons. The largest absolute Gasteiger partial charge is 0.493 e. The Morgan fingerprint density at radius 2 is 1.70 bits per heavy atom. The van der Waals surface area contributed by atoms with Crippen molar-refractivity contribution in [3.63, 3.8) is 0 Å². The van der Waals surface area contributed by atoms with Crippen LogP contribution >= 0.6 is 0 Å². The predicted molar refractivity (Wildman–Crippen MR) is 128 cm³/mol. The lowest BCUT2D eigenvalue weighted by Crippen LogP contribution is -2.38. The molecule has 0 aliphatic carbocycles. The number of alkyl halides is 3. The summed E-state index contributed by atoms with van der Waals surface area (Å²) in [4.78, 5) is 13.9. The summed E-state index contributed by atoms with van der Waals surface area (Å²) in [6, 6.07) is 12.7. The van der Waals surface area contributed by atoms with Crippen LogP contribution in [0.3, 0.4) is 0 Å². The smallest absolute Gasteiger partial charge is 0.416 e. The van der Waals surface area contributed by atoms with E-state index in [0.717, 1.165) is 18.2 Å². The number of hydrogen-bond acceptors (Lipinski definition) is 5. The minimum absolute atomic E-state index is 0.00909. The molecule has 0 fully saturated rings. The Balaban J connectivity index is 1.95. The van der Waals surface area contributed by atoms with Crippen molar-refractivity contribution in [2.45, 2.75) is 43.9 Å². The van der Waals surface area contributed by atoms with Crippen LogP contribution in [0.5, 0.6) is 11.5 Å². The first-order valence-corrected chi connectivity index (χ1v) is 12.6. The van der Waals surface area contributed by atoms with Gasteiger partial charge in [-0.2, -0.15) is 21.6 Å². The number of halogens is 4. The van der Waals surface area contributed by atoms with Crippen molar-refractivity contribution < 1.29 is 39.7 Å². The topological polar surface area (TPSA) is 72.9 Å². The van der Waals surface area contributed by atoms with Crippen LogP contribution < -0.4 is 8.92 Å². The monoisotopic (exact) mass is 539 g/mol. The molecular weight excluding hydrogens is 514 g/mol. The Morgan fingerprint density at radius 3 is 2.32 bits per heavy atom. The molecule has 1 atom stereocenters. The van der Waals surface area contributed by atoms with E-state index in [0.29, 0.717) is 18.1 Å². The van der Waals surface area contributed by atoms with Crippen LogP contribution in [0.15, 0.2) is 71.6 Å². The predicted octanol–water partition coefficient (Wildman–Crippen LogP) is 6.06. The molecule has 3 aromatic rings. The number of methoxy groups -OCH3 is 1. The maximum Gasteiger partial charge on any atom is 0.416 e. The molecule has 11 heteroatoms. The van der Waals surface area contributed by atoms with Gasteiger partial charge >= 0.3 is 16.3 Å². The lowest BCUT2D eigenvalue weighted by Gasteiger charge is -2.29. The Bertz CT molecular complexity index is 1380. The van der Waals surface area contributed by atoms with Gasteiger partial charge in [-0.1, -0.05) is 31.2 Å². The summed E-state index contributed by atoms with van der Waals surface area (Å²) in [5.41, 5.74) is -0.825. The fourth-order valence-electron chi connectivity index (χ4n) is 3.51. The molecule has 0 unspecified atom stereocenters. The average molecular weight is 540 g/mol. The summed E-state index contributed by atoms with van der Waals surface area (Å²) in [5.74, 6) is -1.50. The molecule has 0 saturated carbocycles. The highest BCUT2D eigenvalue weighted by atomic mass is 32.2. The van der Waals surface area contributed by atoms with E-state index in [1.807, 2.05) is 6.92 Å². The third-order valence-electron chi connectivity index (χ3n) is 5.72. The van der Waals surface area contributed by atoms with Crippen LogP contribution in [-0.4, -0.2) is 32.4 Å². The highest BCUT2D eigenvalue weighted by Crippen LogP contribution is 2.34. The SMILES string of the molecule is CC[C@@H](C)N(Cc1ccc(OC)c(OS(=O)(=O)c2cccc(C(F)(F)F)c2)c1)C(=O)c1ccccc1F. The molecule has 0 spiro atoms. The molecule has 0 aliphatic rings. The molecule has 0 saturated heterocycles. The van der Waals surface area contributed by atoms with E-state index in [2.05, 4.69) is 0 Å². The zero-order chi connectivity index (χ0) is 27.4.